The molecule has 0 aromatic heterocycles. The van der Waals surface area contributed by atoms with Crippen LogP contribution >= 0.6 is 0 Å². The van der Waals surface area contributed by atoms with E-state index in [4.69, 9.17) is 0 Å². The molecule has 7 heteroatoms. The SMILES string of the molecule is CC1CCN(C(=O)C(C)CS(=O)(=O)N2CCNCC2)CC1. The van der Waals surface area contributed by atoms with Gasteiger partial charge in [0.25, 0.3) is 0 Å². The van der Waals surface area contributed by atoms with Crippen molar-refractivity contribution in [3.05, 3.63) is 0 Å². The number of carbonyl (C=O) groups is 1. The number of piperidine rings is 1. The van der Waals surface area contributed by atoms with E-state index in [-0.39, 0.29) is 11.7 Å². The topological polar surface area (TPSA) is 69.7 Å². The molecule has 0 saturated carbocycles. The monoisotopic (exact) mass is 317 g/mol. The summed E-state index contributed by atoms with van der Waals surface area (Å²) < 4.78 is 26.2. The molecule has 0 aliphatic carbocycles. The van der Waals surface area contributed by atoms with Gasteiger partial charge in [0.05, 0.1) is 11.7 Å². The molecular formula is C14H27N3O3S. The zero-order valence-corrected chi connectivity index (χ0v) is 13.9. The van der Waals surface area contributed by atoms with E-state index in [1.807, 2.05) is 4.90 Å². The van der Waals surface area contributed by atoms with Crippen LogP contribution in [0.5, 0.6) is 0 Å². The Kier molecular flexibility index (Phi) is 5.62. The van der Waals surface area contributed by atoms with Crippen LogP contribution in [0.1, 0.15) is 26.7 Å². The summed E-state index contributed by atoms with van der Waals surface area (Å²) in [6.45, 7) is 7.84. The Bertz CT molecular complexity index is 452. The molecule has 0 bridgehead atoms. The van der Waals surface area contributed by atoms with Gasteiger partial charge in [0.15, 0.2) is 0 Å². The molecule has 6 nitrogen and oxygen atoms in total. The maximum Gasteiger partial charge on any atom is 0.226 e. The first kappa shape index (κ1) is 16.7. The first-order valence-electron chi connectivity index (χ1n) is 7.87. The lowest BCUT2D eigenvalue weighted by molar-refractivity contribution is -0.135. The second kappa shape index (κ2) is 7.07. The van der Waals surface area contributed by atoms with Gasteiger partial charge < -0.3 is 10.2 Å². The van der Waals surface area contributed by atoms with Gasteiger partial charge in [-0.1, -0.05) is 13.8 Å². The average molecular weight is 317 g/mol. The molecule has 2 rings (SSSR count). The van der Waals surface area contributed by atoms with Crippen LogP contribution in [0, 0.1) is 11.8 Å². The smallest absolute Gasteiger partial charge is 0.226 e. The Labute approximate surface area is 127 Å². The van der Waals surface area contributed by atoms with E-state index < -0.39 is 15.9 Å². The number of rotatable bonds is 4. The molecule has 2 saturated heterocycles. The number of sulfonamides is 1. The molecule has 2 heterocycles. The maximum atomic E-state index is 12.4. The minimum atomic E-state index is -3.33. The molecule has 1 atom stereocenters. The van der Waals surface area contributed by atoms with E-state index in [2.05, 4.69) is 12.2 Å². The summed E-state index contributed by atoms with van der Waals surface area (Å²) in [5, 5.41) is 3.14. The molecule has 0 aromatic carbocycles. The minimum absolute atomic E-state index is 0.0133. The summed E-state index contributed by atoms with van der Waals surface area (Å²) in [5.41, 5.74) is 0. The third-order valence-corrected chi connectivity index (χ3v) is 6.52. The van der Waals surface area contributed by atoms with Gasteiger partial charge in [-0.15, -0.1) is 0 Å². The highest BCUT2D eigenvalue weighted by molar-refractivity contribution is 7.89. The molecule has 2 aliphatic rings. The Morgan fingerprint density at radius 3 is 2.33 bits per heavy atom. The predicted octanol–water partition coefficient (Wildman–Crippen LogP) is 0.116. The third-order valence-electron chi connectivity index (χ3n) is 4.45. The quantitative estimate of drug-likeness (QED) is 0.799. The fraction of sp³-hybridized carbons (Fsp3) is 0.929. The average Bonchev–Trinajstić information content (AvgIpc) is 2.48. The van der Waals surface area contributed by atoms with E-state index in [9.17, 15) is 13.2 Å². The molecule has 2 aliphatic heterocycles. The summed E-state index contributed by atoms with van der Waals surface area (Å²) in [6, 6.07) is 0. The lowest BCUT2D eigenvalue weighted by atomic mass is 9.98. The van der Waals surface area contributed by atoms with E-state index in [1.54, 1.807) is 6.92 Å². The highest BCUT2D eigenvalue weighted by atomic mass is 32.2. The fourth-order valence-electron chi connectivity index (χ4n) is 2.96. The van der Waals surface area contributed by atoms with Crippen LogP contribution in [0.2, 0.25) is 0 Å². The van der Waals surface area contributed by atoms with Gasteiger partial charge >= 0.3 is 0 Å². The van der Waals surface area contributed by atoms with Crippen molar-refractivity contribution in [2.75, 3.05) is 45.0 Å². The van der Waals surface area contributed by atoms with Crippen molar-refractivity contribution < 1.29 is 13.2 Å². The number of carbonyl (C=O) groups excluding carboxylic acids is 1. The number of nitrogens with zero attached hydrogens (tertiary/aromatic N) is 2. The number of amides is 1. The van der Waals surface area contributed by atoms with Gasteiger partial charge in [-0.2, -0.15) is 4.31 Å². The van der Waals surface area contributed by atoms with Crippen LogP contribution in [0.25, 0.3) is 0 Å². The highest BCUT2D eigenvalue weighted by Gasteiger charge is 2.31. The third kappa shape index (κ3) is 4.40. The zero-order valence-electron chi connectivity index (χ0n) is 13.0. The van der Waals surface area contributed by atoms with Crippen LogP contribution in [0.15, 0.2) is 0 Å². The van der Waals surface area contributed by atoms with Crippen LogP contribution in [-0.2, 0) is 14.8 Å². The molecule has 1 unspecified atom stereocenters. The van der Waals surface area contributed by atoms with Gasteiger partial charge in [0, 0.05) is 39.3 Å². The Balaban J connectivity index is 1.90. The minimum Gasteiger partial charge on any atom is -0.342 e. The van der Waals surface area contributed by atoms with Crippen LogP contribution in [0.3, 0.4) is 0 Å². The van der Waals surface area contributed by atoms with E-state index in [1.165, 1.54) is 4.31 Å². The van der Waals surface area contributed by atoms with Gasteiger partial charge in [0.2, 0.25) is 15.9 Å². The van der Waals surface area contributed by atoms with E-state index in [0.29, 0.717) is 32.1 Å². The number of likely N-dealkylation sites (tertiary alicyclic amines) is 1. The first-order chi connectivity index (χ1) is 9.90. The van der Waals surface area contributed by atoms with Crippen LogP contribution < -0.4 is 5.32 Å². The van der Waals surface area contributed by atoms with Crippen molar-refractivity contribution in [3.63, 3.8) is 0 Å². The molecule has 1 amide bonds. The summed E-state index contributed by atoms with van der Waals surface area (Å²) in [7, 11) is -3.33. The zero-order chi connectivity index (χ0) is 15.5. The maximum absolute atomic E-state index is 12.4. The summed E-state index contributed by atoms with van der Waals surface area (Å²) >= 11 is 0. The van der Waals surface area contributed by atoms with Gasteiger partial charge in [-0.3, -0.25) is 4.79 Å². The largest absolute Gasteiger partial charge is 0.342 e. The molecule has 0 aromatic rings. The van der Waals surface area contributed by atoms with Crippen molar-refractivity contribution in [2.24, 2.45) is 11.8 Å². The number of hydrogen-bond acceptors (Lipinski definition) is 4. The second-order valence-corrected chi connectivity index (χ2v) is 8.35. The summed E-state index contributed by atoms with van der Waals surface area (Å²) in [6.07, 6.45) is 2.03. The lowest BCUT2D eigenvalue weighted by Crippen LogP contribution is -2.49. The number of nitrogens with one attached hydrogen (secondary N) is 1. The van der Waals surface area contributed by atoms with E-state index in [0.717, 1.165) is 25.9 Å². The lowest BCUT2D eigenvalue weighted by Gasteiger charge is -2.33. The highest BCUT2D eigenvalue weighted by Crippen LogP contribution is 2.19. The summed E-state index contributed by atoms with van der Waals surface area (Å²) in [4.78, 5) is 14.2. The molecular weight excluding hydrogens is 290 g/mol. The van der Waals surface area contributed by atoms with Crippen LogP contribution in [0.4, 0.5) is 0 Å². The van der Waals surface area contributed by atoms with Gasteiger partial charge in [-0.25, -0.2) is 8.42 Å². The Morgan fingerprint density at radius 2 is 1.76 bits per heavy atom. The Hall–Kier alpha value is -0.660. The second-order valence-electron chi connectivity index (χ2n) is 6.34. The van der Waals surface area contributed by atoms with Crippen molar-refractivity contribution in [3.8, 4) is 0 Å². The standard InChI is InChI=1S/C14H27N3O3S/c1-12-3-7-16(8-4-12)14(18)13(2)11-21(19,20)17-9-5-15-6-10-17/h12-13,15H,3-11H2,1-2H3. The van der Waals surface area contributed by atoms with Gasteiger partial charge in [-0.05, 0) is 18.8 Å². The van der Waals surface area contributed by atoms with E-state index >= 15 is 0 Å². The normalized spacial score (nSPS) is 24.0. The molecule has 0 radical (unpaired) electrons. The van der Waals surface area contributed by atoms with Crippen molar-refractivity contribution in [1.29, 1.82) is 0 Å². The van der Waals surface area contributed by atoms with Crippen LogP contribution in [-0.4, -0.2) is 68.6 Å². The number of piperazine rings is 1. The Morgan fingerprint density at radius 1 is 1.19 bits per heavy atom. The molecule has 21 heavy (non-hydrogen) atoms. The number of hydrogen-bond donors (Lipinski definition) is 1. The van der Waals surface area contributed by atoms with Crippen molar-refractivity contribution in [2.45, 2.75) is 26.7 Å². The fourth-order valence-corrected chi connectivity index (χ4v) is 4.68. The van der Waals surface area contributed by atoms with Gasteiger partial charge in [0.1, 0.15) is 0 Å². The molecule has 0 spiro atoms. The molecule has 1 N–H and O–H groups in total. The van der Waals surface area contributed by atoms with Crippen molar-refractivity contribution >= 4 is 15.9 Å². The summed E-state index contributed by atoms with van der Waals surface area (Å²) in [5.74, 6) is 0.116. The predicted molar refractivity (Wildman–Crippen MR) is 82.4 cm³/mol. The molecule has 122 valence electrons. The van der Waals surface area contributed by atoms with Crippen molar-refractivity contribution in [1.82, 2.24) is 14.5 Å². The molecule has 2 fully saturated rings. The first-order valence-corrected chi connectivity index (χ1v) is 9.48.